The summed E-state index contributed by atoms with van der Waals surface area (Å²) in [4.78, 5) is 34.3. The van der Waals surface area contributed by atoms with Crippen molar-refractivity contribution in [1.29, 1.82) is 0 Å². The normalized spacial score (nSPS) is 10.7. The highest BCUT2D eigenvalue weighted by Crippen LogP contribution is 2.22. The van der Waals surface area contributed by atoms with Crippen LogP contribution in [0, 0.1) is 24.0 Å². The molecule has 0 aliphatic rings. The molecule has 2 amide bonds. The zero-order valence-corrected chi connectivity index (χ0v) is 15.1. The number of carbonyl (C=O) groups excluding carboxylic acids is 2. The first-order valence-electron chi connectivity index (χ1n) is 7.78. The second kappa shape index (κ2) is 8.86. The van der Waals surface area contributed by atoms with Crippen LogP contribution in [0.2, 0.25) is 0 Å². The van der Waals surface area contributed by atoms with Crippen LogP contribution >= 0.6 is 11.3 Å². The van der Waals surface area contributed by atoms with Crippen molar-refractivity contribution in [2.75, 3.05) is 5.32 Å². The van der Waals surface area contributed by atoms with Crippen molar-refractivity contribution >= 4 is 40.1 Å². The highest BCUT2D eigenvalue weighted by Gasteiger charge is 2.09. The topological polar surface area (TPSA) is 114 Å². The van der Waals surface area contributed by atoms with Gasteiger partial charge in [-0.25, -0.2) is 5.43 Å². The van der Waals surface area contributed by atoms with Crippen LogP contribution < -0.4 is 10.7 Å². The number of nitrogens with zero attached hydrogens (tertiary/aromatic N) is 2. The van der Waals surface area contributed by atoms with E-state index in [1.807, 2.05) is 32.0 Å². The predicted octanol–water partition coefficient (Wildman–Crippen LogP) is 3.14. The number of hydrazone groups is 1. The lowest BCUT2D eigenvalue weighted by Gasteiger charge is -2.09. The van der Waals surface area contributed by atoms with Gasteiger partial charge in [-0.3, -0.25) is 19.7 Å². The Kier molecular flexibility index (Phi) is 6.56. The maximum atomic E-state index is 12.0. The Labute approximate surface area is 154 Å². The summed E-state index contributed by atoms with van der Waals surface area (Å²) in [6, 6.07) is 8.65. The van der Waals surface area contributed by atoms with E-state index in [1.54, 1.807) is 0 Å². The zero-order chi connectivity index (χ0) is 19.1. The number of carbonyl (C=O) groups is 2. The molecular formula is C17H18N4O4S. The molecule has 136 valence electrons. The molecule has 0 saturated heterocycles. The van der Waals surface area contributed by atoms with Crippen molar-refractivity contribution in [3.63, 3.8) is 0 Å². The second-order valence-electron chi connectivity index (χ2n) is 5.59. The van der Waals surface area contributed by atoms with Crippen LogP contribution in [0.1, 0.15) is 28.8 Å². The molecule has 0 atom stereocenters. The second-order valence-corrected chi connectivity index (χ2v) is 6.69. The number of aryl methyl sites for hydroxylation is 2. The van der Waals surface area contributed by atoms with E-state index in [9.17, 15) is 19.7 Å². The Bertz CT molecular complexity index is 860. The minimum Gasteiger partial charge on any atom is -0.326 e. The van der Waals surface area contributed by atoms with Crippen molar-refractivity contribution in [3.05, 3.63) is 56.5 Å². The third-order valence-corrected chi connectivity index (χ3v) is 4.39. The fourth-order valence-electron chi connectivity index (χ4n) is 2.04. The predicted molar refractivity (Wildman–Crippen MR) is 100 cm³/mol. The van der Waals surface area contributed by atoms with Gasteiger partial charge in [-0.05, 0) is 37.1 Å². The molecule has 0 saturated carbocycles. The van der Waals surface area contributed by atoms with Gasteiger partial charge in [-0.15, -0.1) is 0 Å². The lowest BCUT2D eigenvalue weighted by molar-refractivity contribution is -0.380. The summed E-state index contributed by atoms with van der Waals surface area (Å²) < 4.78 is 0. The van der Waals surface area contributed by atoms with Crippen molar-refractivity contribution in [2.45, 2.75) is 26.7 Å². The number of rotatable bonds is 7. The molecule has 2 N–H and O–H groups in total. The lowest BCUT2D eigenvalue weighted by atomic mass is 10.1. The average molecular weight is 374 g/mol. The van der Waals surface area contributed by atoms with Gasteiger partial charge in [-0.1, -0.05) is 23.5 Å². The van der Waals surface area contributed by atoms with Crippen molar-refractivity contribution in [1.82, 2.24) is 5.43 Å². The molecule has 2 aromatic rings. The Morgan fingerprint density at radius 3 is 2.62 bits per heavy atom. The average Bonchev–Trinajstić information content (AvgIpc) is 3.05. The van der Waals surface area contributed by atoms with Crippen LogP contribution in [-0.2, 0) is 9.59 Å². The first kappa shape index (κ1) is 19.3. The van der Waals surface area contributed by atoms with E-state index in [1.165, 1.54) is 18.3 Å². The molecular weight excluding hydrogens is 356 g/mol. The van der Waals surface area contributed by atoms with Crippen LogP contribution in [0.3, 0.4) is 0 Å². The molecule has 1 aromatic heterocycles. The third kappa shape index (κ3) is 5.78. The zero-order valence-electron chi connectivity index (χ0n) is 14.3. The van der Waals surface area contributed by atoms with Crippen LogP contribution in [0.5, 0.6) is 0 Å². The van der Waals surface area contributed by atoms with Crippen LogP contribution in [0.4, 0.5) is 10.7 Å². The highest BCUT2D eigenvalue weighted by atomic mass is 32.1. The molecule has 0 aliphatic heterocycles. The first-order chi connectivity index (χ1) is 12.3. The minimum absolute atomic E-state index is 0.000824. The number of hydrogen-bond donors (Lipinski definition) is 2. The number of anilines is 1. The van der Waals surface area contributed by atoms with Gasteiger partial charge in [-0.2, -0.15) is 5.10 Å². The number of nitrogens with one attached hydrogen (secondary N) is 2. The first-order valence-corrected chi connectivity index (χ1v) is 8.60. The summed E-state index contributed by atoms with van der Waals surface area (Å²) in [7, 11) is 0. The van der Waals surface area contributed by atoms with Gasteiger partial charge in [0.15, 0.2) is 0 Å². The molecule has 1 aromatic carbocycles. The van der Waals surface area contributed by atoms with Crippen LogP contribution in [-0.4, -0.2) is 23.0 Å². The standard InChI is InChI=1S/C17H18N4O4S/c1-11-3-4-12(2)14(9-11)19-15(22)6-7-16(23)20-18-10-13-5-8-17(26-13)21(24)25/h3-5,8-10H,6-7H2,1-2H3,(H,19,22)(H,20,23). The summed E-state index contributed by atoms with van der Waals surface area (Å²) >= 11 is 0.951. The Morgan fingerprint density at radius 1 is 1.19 bits per heavy atom. The SMILES string of the molecule is Cc1ccc(C)c(NC(=O)CCC(=O)NN=Cc2ccc([N+](=O)[O-])s2)c1. The summed E-state index contributed by atoms with van der Waals surface area (Å²) in [6.07, 6.45) is 1.34. The minimum atomic E-state index is -0.491. The molecule has 9 heteroatoms. The van der Waals surface area contributed by atoms with Gasteiger partial charge in [0.05, 0.1) is 16.0 Å². The quantitative estimate of drug-likeness (QED) is 0.440. The smallest absolute Gasteiger partial charge is 0.324 e. The number of benzene rings is 1. The van der Waals surface area contributed by atoms with E-state index < -0.39 is 10.8 Å². The van der Waals surface area contributed by atoms with Gasteiger partial charge in [0.25, 0.3) is 0 Å². The molecule has 1 heterocycles. The largest absolute Gasteiger partial charge is 0.326 e. The number of amides is 2. The maximum Gasteiger partial charge on any atom is 0.324 e. The number of nitro groups is 1. The van der Waals surface area contributed by atoms with Crippen molar-refractivity contribution in [2.24, 2.45) is 5.10 Å². The van der Waals surface area contributed by atoms with Gasteiger partial charge >= 0.3 is 5.00 Å². The molecule has 8 nitrogen and oxygen atoms in total. The van der Waals surface area contributed by atoms with Crippen LogP contribution in [0.15, 0.2) is 35.4 Å². The Balaban J connectivity index is 1.77. The van der Waals surface area contributed by atoms with E-state index >= 15 is 0 Å². The highest BCUT2D eigenvalue weighted by molar-refractivity contribution is 7.16. The van der Waals surface area contributed by atoms with Crippen molar-refractivity contribution < 1.29 is 14.5 Å². The molecule has 0 bridgehead atoms. The molecule has 0 aliphatic carbocycles. The summed E-state index contributed by atoms with van der Waals surface area (Å²) in [6.45, 7) is 3.83. The van der Waals surface area contributed by atoms with Gasteiger partial charge < -0.3 is 5.32 Å². The third-order valence-electron chi connectivity index (χ3n) is 3.42. The lowest BCUT2D eigenvalue weighted by Crippen LogP contribution is -2.20. The van der Waals surface area contributed by atoms with E-state index in [2.05, 4.69) is 15.8 Å². The molecule has 0 fully saturated rings. The summed E-state index contributed by atoms with van der Waals surface area (Å²) in [5, 5.41) is 17.1. The van der Waals surface area contributed by atoms with Gasteiger partial charge in [0, 0.05) is 24.6 Å². The molecule has 0 radical (unpaired) electrons. The molecule has 2 rings (SSSR count). The monoisotopic (exact) mass is 374 g/mol. The summed E-state index contributed by atoms with van der Waals surface area (Å²) in [5.41, 5.74) is 5.01. The van der Waals surface area contributed by atoms with E-state index in [0.29, 0.717) is 4.88 Å². The fourth-order valence-corrected chi connectivity index (χ4v) is 2.74. The van der Waals surface area contributed by atoms with Gasteiger partial charge in [0.1, 0.15) is 0 Å². The molecule has 0 spiro atoms. The van der Waals surface area contributed by atoms with Crippen LogP contribution in [0.25, 0.3) is 0 Å². The summed E-state index contributed by atoms with van der Waals surface area (Å²) in [5.74, 6) is -0.671. The van der Waals surface area contributed by atoms with Crippen molar-refractivity contribution in [3.8, 4) is 0 Å². The number of thiophene rings is 1. The van der Waals surface area contributed by atoms with E-state index in [-0.39, 0.29) is 23.7 Å². The number of hydrogen-bond acceptors (Lipinski definition) is 6. The Morgan fingerprint density at radius 2 is 1.92 bits per heavy atom. The Hall–Kier alpha value is -3.07. The molecule has 26 heavy (non-hydrogen) atoms. The van der Waals surface area contributed by atoms with E-state index in [4.69, 9.17) is 0 Å². The van der Waals surface area contributed by atoms with Gasteiger partial charge in [0.2, 0.25) is 11.8 Å². The fraction of sp³-hybridized carbons (Fsp3) is 0.235. The molecule has 0 unspecified atom stereocenters. The van der Waals surface area contributed by atoms with E-state index in [0.717, 1.165) is 28.2 Å². The maximum absolute atomic E-state index is 12.0.